The van der Waals surface area contributed by atoms with Gasteiger partial charge in [-0.1, -0.05) is 25.1 Å². The summed E-state index contributed by atoms with van der Waals surface area (Å²) in [5.74, 6) is 0. The second-order valence-electron chi connectivity index (χ2n) is 5.22. The molecule has 0 saturated carbocycles. The zero-order chi connectivity index (χ0) is 14.0. The number of hydrogen-bond acceptors (Lipinski definition) is 2. The Morgan fingerprint density at radius 2 is 1.89 bits per heavy atom. The molecule has 1 atom stereocenters. The Balaban J connectivity index is 2.25. The molecule has 19 heavy (non-hydrogen) atoms. The lowest BCUT2D eigenvalue weighted by molar-refractivity contribution is 0.612. The van der Waals surface area contributed by atoms with Gasteiger partial charge in [0, 0.05) is 7.05 Å². The van der Waals surface area contributed by atoms with Crippen LogP contribution in [0.15, 0.2) is 24.3 Å². The lowest BCUT2D eigenvalue weighted by Crippen LogP contribution is -2.18. The average molecular weight is 257 g/mol. The molecule has 0 aliphatic rings. The van der Waals surface area contributed by atoms with Gasteiger partial charge < -0.3 is 5.73 Å². The number of nitrogens with zero attached hydrogens (tertiary/aromatic N) is 2. The maximum Gasteiger partial charge on any atom is 0.0625 e. The molecule has 0 bridgehead atoms. The van der Waals surface area contributed by atoms with Crippen molar-refractivity contribution in [3.8, 4) is 0 Å². The van der Waals surface area contributed by atoms with Crippen molar-refractivity contribution >= 4 is 0 Å². The Hall–Kier alpha value is -1.61. The standard InChI is InChI=1S/C16H23N3/c1-5-13-9-16(19(4)18-13)15(17)10-14-11(2)7-6-8-12(14)3/h6-9,15H,5,10,17H2,1-4H3. The Morgan fingerprint density at radius 1 is 1.26 bits per heavy atom. The van der Waals surface area contributed by atoms with Crippen LogP contribution in [0.5, 0.6) is 0 Å². The van der Waals surface area contributed by atoms with Crippen molar-refractivity contribution in [1.82, 2.24) is 9.78 Å². The Kier molecular flexibility index (Phi) is 4.05. The first-order valence-corrected chi connectivity index (χ1v) is 6.86. The fourth-order valence-electron chi connectivity index (χ4n) is 2.56. The summed E-state index contributed by atoms with van der Waals surface area (Å²) in [4.78, 5) is 0. The molecule has 0 saturated heterocycles. The molecule has 0 amide bonds. The number of rotatable bonds is 4. The molecular formula is C16H23N3. The van der Waals surface area contributed by atoms with Gasteiger partial charge in [0.2, 0.25) is 0 Å². The van der Waals surface area contributed by atoms with Gasteiger partial charge in [-0.25, -0.2) is 0 Å². The van der Waals surface area contributed by atoms with E-state index in [9.17, 15) is 0 Å². The summed E-state index contributed by atoms with van der Waals surface area (Å²) in [5.41, 5.74) is 12.6. The highest BCUT2D eigenvalue weighted by atomic mass is 15.3. The minimum absolute atomic E-state index is 0.00222. The molecule has 2 aromatic rings. The Morgan fingerprint density at radius 3 is 2.42 bits per heavy atom. The SMILES string of the molecule is CCc1cc(C(N)Cc2c(C)cccc2C)n(C)n1. The highest BCUT2D eigenvalue weighted by Gasteiger charge is 2.15. The third kappa shape index (κ3) is 2.87. The number of benzene rings is 1. The van der Waals surface area contributed by atoms with Gasteiger partial charge in [-0.05, 0) is 49.4 Å². The number of nitrogens with two attached hydrogens (primary N) is 1. The first-order chi connectivity index (χ1) is 9.02. The van der Waals surface area contributed by atoms with Crippen molar-refractivity contribution < 1.29 is 0 Å². The lowest BCUT2D eigenvalue weighted by Gasteiger charge is -2.15. The van der Waals surface area contributed by atoms with E-state index in [-0.39, 0.29) is 6.04 Å². The molecule has 0 radical (unpaired) electrons. The topological polar surface area (TPSA) is 43.8 Å². The van der Waals surface area contributed by atoms with Crippen LogP contribution in [0.25, 0.3) is 0 Å². The molecule has 0 aliphatic carbocycles. The second-order valence-corrected chi connectivity index (χ2v) is 5.22. The number of aromatic nitrogens is 2. The highest BCUT2D eigenvalue weighted by molar-refractivity contribution is 5.35. The molecule has 2 rings (SSSR count). The van der Waals surface area contributed by atoms with Gasteiger partial charge in [0.1, 0.15) is 0 Å². The van der Waals surface area contributed by atoms with Gasteiger partial charge in [-0.15, -0.1) is 0 Å². The van der Waals surface area contributed by atoms with E-state index in [2.05, 4.69) is 50.1 Å². The predicted octanol–water partition coefficient (Wildman–Crippen LogP) is 2.84. The molecule has 1 heterocycles. The van der Waals surface area contributed by atoms with Crippen molar-refractivity contribution in [2.45, 2.75) is 39.7 Å². The summed E-state index contributed by atoms with van der Waals surface area (Å²) in [7, 11) is 1.97. The summed E-state index contributed by atoms with van der Waals surface area (Å²) in [6.07, 6.45) is 1.81. The number of aryl methyl sites for hydroxylation is 4. The molecule has 0 spiro atoms. The molecule has 1 aromatic carbocycles. The maximum atomic E-state index is 6.37. The molecule has 2 N–H and O–H groups in total. The molecule has 1 aromatic heterocycles. The van der Waals surface area contributed by atoms with Gasteiger partial charge >= 0.3 is 0 Å². The minimum Gasteiger partial charge on any atom is -0.322 e. The molecule has 1 unspecified atom stereocenters. The molecule has 3 heteroatoms. The summed E-state index contributed by atoms with van der Waals surface area (Å²) < 4.78 is 1.91. The van der Waals surface area contributed by atoms with E-state index < -0.39 is 0 Å². The minimum atomic E-state index is -0.00222. The van der Waals surface area contributed by atoms with Crippen LogP contribution in [0.2, 0.25) is 0 Å². The molecule has 0 fully saturated rings. The van der Waals surface area contributed by atoms with E-state index in [0.717, 1.165) is 24.2 Å². The van der Waals surface area contributed by atoms with E-state index in [1.54, 1.807) is 0 Å². The summed E-state index contributed by atoms with van der Waals surface area (Å²) >= 11 is 0. The predicted molar refractivity (Wildman–Crippen MR) is 79.1 cm³/mol. The smallest absolute Gasteiger partial charge is 0.0625 e. The van der Waals surface area contributed by atoms with Crippen LogP contribution in [0.1, 0.15) is 41.0 Å². The van der Waals surface area contributed by atoms with Gasteiger partial charge in [-0.3, -0.25) is 4.68 Å². The van der Waals surface area contributed by atoms with E-state index in [4.69, 9.17) is 5.73 Å². The van der Waals surface area contributed by atoms with Gasteiger partial charge in [0.25, 0.3) is 0 Å². The maximum absolute atomic E-state index is 6.37. The Labute approximate surface area is 115 Å². The zero-order valence-electron chi connectivity index (χ0n) is 12.3. The summed E-state index contributed by atoms with van der Waals surface area (Å²) in [5, 5.41) is 4.47. The first kappa shape index (κ1) is 13.8. The largest absolute Gasteiger partial charge is 0.322 e. The van der Waals surface area contributed by atoms with Crippen molar-refractivity contribution in [3.63, 3.8) is 0 Å². The van der Waals surface area contributed by atoms with Crippen molar-refractivity contribution in [3.05, 3.63) is 52.3 Å². The molecule has 3 nitrogen and oxygen atoms in total. The van der Waals surface area contributed by atoms with Crippen LogP contribution < -0.4 is 5.73 Å². The van der Waals surface area contributed by atoms with Crippen LogP contribution in [0.3, 0.4) is 0 Å². The van der Waals surface area contributed by atoms with E-state index in [0.29, 0.717) is 0 Å². The van der Waals surface area contributed by atoms with Gasteiger partial charge in [-0.2, -0.15) is 5.10 Å². The van der Waals surface area contributed by atoms with Crippen LogP contribution in [0.4, 0.5) is 0 Å². The molecular weight excluding hydrogens is 234 g/mol. The first-order valence-electron chi connectivity index (χ1n) is 6.86. The number of hydrogen-bond donors (Lipinski definition) is 1. The third-order valence-electron chi connectivity index (χ3n) is 3.78. The third-order valence-corrected chi connectivity index (χ3v) is 3.78. The van der Waals surface area contributed by atoms with Crippen molar-refractivity contribution in [1.29, 1.82) is 0 Å². The second kappa shape index (κ2) is 5.57. The molecule has 102 valence electrons. The average Bonchev–Trinajstić information content (AvgIpc) is 2.75. The van der Waals surface area contributed by atoms with Crippen molar-refractivity contribution in [2.75, 3.05) is 0 Å². The highest BCUT2D eigenvalue weighted by Crippen LogP contribution is 2.21. The Bertz CT molecular complexity index is 549. The monoisotopic (exact) mass is 257 g/mol. The fourth-order valence-corrected chi connectivity index (χ4v) is 2.56. The van der Waals surface area contributed by atoms with Crippen LogP contribution in [-0.4, -0.2) is 9.78 Å². The van der Waals surface area contributed by atoms with Crippen LogP contribution >= 0.6 is 0 Å². The van der Waals surface area contributed by atoms with Crippen LogP contribution in [0, 0.1) is 13.8 Å². The van der Waals surface area contributed by atoms with Gasteiger partial charge in [0.05, 0.1) is 17.4 Å². The molecule has 0 aliphatic heterocycles. The van der Waals surface area contributed by atoms with Crippen molar-refractivity contribution in [2.24, 2.45) is 12.8 Å². The lowest BCUT2D eigenvalue weighted by atomic mass is 9.95. The normalized spacial score (nSPS) is 12.7. The quantitative estimate of drug-likeness (QED) is 0.915. The fraction of sp³-hybridized carbons (Fsp3) is 0.438. The van der Waals surface area contributed by atoms with E-state index in [1.165, 1.54) is 16.7 Å². The van der Waals surface area contributed by atoms with E-state index >= 15 is 0 Å². The zero-order valence-corrected chi connectivity index (χ0v) is 12.3. The summed E-state index contributed by atoms with van der Waals surface area (Å²) in [6, 6.07) is 8.51. The van der Waals surface area contributed by atoms with E-state index in [1.807, 2.05) is 11.7 Å². The van der Waals surface area contributed by atoms with Gasteiger partial charge in [0.15, 0.2) is 0 Å². The van der Waals surface area contributed by atoms with Crippen LogP contribution in [-0.2, 0) is 19.9 Å². The summed E-state index contributed by atoms with van der Waals surface area (Å²) in [6.45, 7) is 6.41.